The molecule has 0 unspecified atom stereocenters. The molecule has 268 valence electrons. The second-order valence-electron chi connectivity index (χ2n) is 13.4. The van der Waals surface area contributed by atoms with Gasteiger partial charge in [0.2, 0.25) is 0 Å². The second kappa shape index (κ2) is 14.2. The van der Waals surface area contributed by atoms with Crippen LogP contribution in [0, 0.1) is 18.6 Å². The number of piperazine rings is 1. The number of benzene rings is 2. The first-order valence-electron chi connectivity index (χ1n) is 17.5. The number of rotatable bonds is 9. The van der Waals surface area contributed by atoms with Crippen LogP contribution < -0.4 is 21.5 Å². The molecule has 13 nitrogen and oxygen atoms in total. The third kappa shape index (κ3) is 6.84. The lowest BCUT2D eigenvalue weighted by atomic mass is 10.1. The van der Waals surface area contributed by atoms with E-state index in [1.807, 2.05) is 35.1 Å². The van der Waals surface area contributed by atoms with Gasteiger partial charge in [0.25, 0.3) is 5.56 Å². The molecule has 0 saturated carbocycles. The third-order valence-electron chi connectivity index (χ3n) is 10.2. The van der Waals surface area contributed by atoms with E-state index in [4.69, 9.17) is 0 Å². The lowest BCUT2D eigenvalue weighted by Crippen LogP contribution is -2.49. The molecule has 0 bridgehead atoms. The van der Waals surface area contributed by atoms with Crippen molar-refractivity contribution in [1.29, 1.82) is 0 Å². The number of anilines is 3. The van der Waals surface area contributed by atoms with Crippen LogP contribution in [-0.2, 0) is 0 Å². The van der Waals surface area contributed by atoms with Crippen LogP contribution >= 0.6 is 0 Å². The molecule has 2 aliphatic heterocycles. The molecule has 2 aliphatic rings. The molecule has 0 radical (unpaired) electrons. The summed E-state index contributed by atoms with van der Waals surface area (Å²) in [5.74, 6) is -0.727. The zero-order chi connectivity index (χ0) is 35.8. The lowest BCUT2D eigenvalue weighted by Gasteiger charge is -2.38. The molecule has 0 amide bonds. The van der Waals surface area contributed by atoms with E-state index in [0.29, 0.717) is 34.5 Å². The monoisotopic (exact) mass is 707 g/mol. The van der Waals surface area contributed by atoms with Gasteiger partial charge in [0.1, 0.15) is 11.6 Å². The fourth-order valence-corrected chi connectivity index (χ4v) is 7.16. The van der Waals surface area contributed by atoms with Gasteiger partial charge in [-0.1, -0.05) is 0 Å². The van der Waals surface area contributed by atoms with Crippen LogP contribution in [0.15, 0.2) is 89.2 Å². The highest BCUT2D eigenvalue weighted by Gasteiger charge is 2.24. The maximum absolute atomic E-state index is 14.7. The van der Waals surface area contributed by atoms with E-state index in [1.165, 1.54) is 22.9 Å². The SMILES string of the molecule is Cc1cc(-c2cnc(Nc3cnn(C4CCN(CCN5CCN(c6ccc(-n7ccc(=O)[nH]c7=O)cc6)CC5)CC4)c3)c3nccn23)c(F)cc1F. The van der Waals surface area contributed by atoms with Crippen LogP contribution in [0.4, 0.5) is 26.0 Å². The average Bonchev–Trinajstić information content (AvgIpc) is 3.84. The third-order valence-corrected chi connectivity index (χ3v) is 10.2. The number of likely N-dealkylation sites (tertiary alicyclic amines) is 1. The highest BCUT2D eigenvalue weighted by molar-refractivity contribution is 5.74. The Hall–Kier alpha value is -5.67. The van der Waals surface area contributed by atoms with Gasteiger partial charge < -0.3 is 15.1 Å². The Bertz CT molecular complexity index is 2320. The average molecular weight is 708 g/mol. The number of piperidine rings is 1. The first-order chi connectivity index (χ1) is 25.3. The van der Waals surface area contributed by atoms with Crippen molar-refractivity contribution in [2.75, 3.05) is 62.6 Å². The molecular weight excluding hydrogens is 668 g/mol. The number of aromatic amines is 1. The Balaban J connectivity index is 0.808. The van der Waals surface area contributed by atoms with Gasteiger partial charge >= 0.3 is 5.69 Å². The summed E-state index contributed by atoms with van der Waals surface area (Å²) in [5, 5.41) is 7.98. The van der Waals surface area contributed by atoms with E-state index in [1.54, 1.807) is 36.1 Å². The molecule has 2 fully saturated rings. The maximum atomic E-state index is 14.7. The van der Waals surface area contributed by atoms with Crippen LogP contribution in [0.2, 0.25) is 0 Å². The normalized spacial score (nSPS) is 16.2. The van der Waals surface area contributed by atoms with Crippen LogP contribution in [0.5, 0.6) is 0 Å². The predicted molar refractivity (Wildman–Crippen MR) is 195 cm³/mol. The molecule has 2 N–H and O–H groups in total. The first-order valence-corrected chi connectivity index (χ1v) is 17.5. The number of nitrogens with one attached hydrogen (secondary N) is 2. The van der Waals surface area contributed by atoms with Crippen molar-refractivity contribution in [3.63, 3.8) is 0 Å². The number of H-pyrrole nitrogens is 1. The van der Waals surface area contributed by atoms with Crippen molar-refractivity contribution in [2.24, 2.45) is 0 Å². The zero-order valence-corrected chi connectivity index (χ0v) is 28.8. The van der Waals surface area contributed by atoms with E-state index < -0.39 is 22.9 Å². The molecule has 0 spiro atoms. The fraction of sp³-hybridized carbons (Fsp3) is 0.324. The van der Waals surface area contributed by atoms with Crippen molar-refractivity contribution in [3.05, 3.63) is 118 Å². The predicted octanol–water partition coefficient (Wildman–Crippen LogP) is 4.22. The lowest BCUT2D eigenvalue weighted by molar-refractivity contribution is 0.150. The number of aryl methyl sites for hydroxylation is 1. The summed E-state index contributed by atoms with van der Waals surface area (Å²) in [7, 11) is 0. The molecule has 8 rings (SSSR count). The summed E-state index contributed by atoms with van der Waals surface area (Å²) in [6.07, 6.45) is 12.2. The smallest absolute Gasteiger partial charge is 0.332 e. The standard InChI is InChI=1S/C37H39F2N11O2/c1-25-20-30(32(39)21-31(25)38)33-23-41-35(36-40-9-13-49(33)36)43-26-22-42-50(24-26)29-6-10-45(11-7-29)14-15-46-16-18-47(19-17-46)27-2-4-28(5-3-27)48-12-8-34(51)44-37(48)52/h2-5,8-9,12-13,20-24,29H,6-7,10-11,14-19H2,1H3,(H,41,43)(H,44,51,52). The van der Waals surface area contributed by atoms with Crippen molar-refractivity contribution in [1.82, 2.24) is 43.5 Å². The van der Waals surface area contributed by atoms with Crippen molar-refractivity contribution in [3.8, 4) is 16.9 Å². The summed E-state index contributed by atoms with van der Waals surface area (Å²) >= 11 is 0. The second-order valence-corrected chi connectivity index (χ2v) is 13.4. The summed E-state index contributed by atoms with van der Waals surface area (Å²) in [5.41, 5.74) is 3.39. The number of fused-ring (bicyclic) bond motifs is 1. The molecule has 0 aliphatic carbocycles. The maximum Gasteiger partial charge on any atom is 0.332 e. The van der Waals surface area contributed by atoms with Gasteiger partial charge in [-0.15, -0.1) is 0 Å². The molecule has 6 heterocycles. The molecule has 2 saturated heterocycles. The van der Waals surface area contributed by atoms with Crippen LogP contribution in [-0.4, -0.2) is 95.9 Å². The van der Waals surface area contributed by atoms with Gasteiger partial charge in [-0.05, 0) is 55.7 Å². The number of hydrogen-bond donors (Lipinski definition) is 2. The van der Waals surface area contributed by atoms with Gasteiger partial charge in [0.15, 0.2) is 11.5 Å². The topological polar surface area (TPSA) is 125 Å². The minimum atomic E-state index is -0.655. The van der Waals surface area contributed by atoms with Crippen molar-refractivity contribution in [2.45, 2.75) is 25.8 Å². The van der Waals surface area contributed by atoms with Gasteiger partial charge in [-0.2, -0.15) is 5.10 Å². The van der Waals surface area contributed by atoms with Crippen molar-refractivity contribution >= 4 is 22.8 Å². The van der Waals surface area contributed by atoms with Gasteiger partial charge in [-0.25, -0.2) is 23.5 Å². The molecule has 2 aromatic carbocycles. The number of hydrogen-bond acceptors (Lipinski definition) is 9. The summed E-state index contributed by atoms with van der Waals surface area (Å²) in [4.78, 5) is 42.2. The number of nitrogens with zero attached hydrogens (tertiary/aromatic N) is 9. The number of halogens is 2. The van der Waals surface area contributed by atoms with Gasteiger partial charge in [0, 0.05) is 101 Å². The fourth-order valence-electron chi connectivity index (χ4n) is 7.16. The van der Waals surface area contributed by atoms with Gasteiger partial charge in [0.05, 0.1) is 35.5 Å². The molecule has 4 aromatic heterocycles. The largest absolute Gasteiger partial charge is 0.369 e. The Labute approximate surface area is 297 Å². The summed E-state index contributed by atoms with van der Waals surface area (Å²) in [6.45, 7) is 9.55. The Morgan fingerprint density at radius 1 is 0.846 bits per heavy atom. The number of aromatic nitrogens is 7. The highest BCUT2D eigenvalue weighted by Crippen LogP contribution is 2.30. The van der Waals surface area contributed by atoms with E-state index in [2.05, 4.69) is 40.1 Å². The minimum Gasteiger partial charge on any atom is -0.369 e. The Morgan fingerprint density at radius 2 is 1.58 bits per heavy atom. The van der Waals surface area contributed by atoms with Crippen LogP contribution in [0.3, 0.4) is 0 Å². The van der Waals surface area contributed by atoms with Gasteiger partial charge in [-0.3, -0.25) is 28.3 Å². The Kier molecular flexibility index (Phi) is 9.11. The molecule has 15 heteroatoms. The van der Waals surface area contributed by atoms with E-state index in [9.17, 15) is 18.4 Å². The Morgan fingerprint density at radius 3 is 2.33 bits per heavy atom. The molecule has 6 aromatic rings. The molecular formula is C37H39F2N11O2. The number of imidazole rings is 1. The first kappa shape index (κ1) is 33.5. The summed E-state index contributed by atoms with van der Waals surface area (Å²) < 4.78 is 33.8. The van der Waals surface area contributed by atoms with E-state index >= 15 is 0 Å². The van der Waals surface area contributed by atoms with Crippen LogP contribution in [0.25, 0.3) is 22.6 Å². The zero-order valence-electron chi connectivity index (χ0n) is 28.8. The van der Waals surface area contributed by atoms with Crippen LogP contribution in [0.1, 0.15) is 24.4 Å². The van der Waals surface area contributed by atoms with E-state index in [-0.39, 0.29) is 5.56 Å². The highest BCUT2D eigenvalue weighted by atomic mass is 19.1. The van der Waals surface area contributed by atoms with Crippen molar-refractivity contribution < 1.29 is 8.78 Å². The van der Waals surface area contributed by atoms with E-state index in [0.717, 1.165) is 82.6 Å². The minimum absolute atomic E-state index is 0.257. The summed E-state index contributed by atoms with van der Waals surface area (Å²) in [6, 6.07) is 11.9. The quantitative estimate of drug-likeness (QED) is 0.227. The molecule has 52 heavy (non-hydrogen) atoms. The molecule has 0 atom stereocenters.